The lowest BCUT2D eigenvalue weighted by molar-refractivity contribution is -0.678. The molecule has 1 aliphatic heterocycles. The predicted molar refractivity (Wildman–Crippen MR) is 173 cm³/mol. The fraction of sp³-hybridized carbons (Fsp3) is 0.406. The topological polar surface area (TPSA) is 188 Å². The van der Waals surface area contributed by atoms with Gasteiger partial charge >= 0.3 is 17.8 Å². The van der Waals surface area contributed by atoms with Gasteiger partial charge < -0.3 is 19.5 Å². The second-order valence-corrected chi connectivity index (χ2v) is 13.9. The zero-order chi connectivity index (χ0) is 34.2. The number of carboxylic acids is 2. The molecular formula is C32H39N2O11S2+. The van der Waals surface area contributed by atoms with E-state index in [2.05, 4.69) is 9.37 Å². The molecule has 1 aromatic heterocycles. The summed E-state index contributed by atoms with van der Waals surface area (Å²) in [5.74, 6) is -1.15. The van der Waals surface area contributed by atoms with E-state index >= 15 is 0 Å². The molecule has 2 aromatic carbocycles. The van der Waals surface area contributed by atoms with Crippen LogP contribution in [0.2, 0.25) is 0 Å². The summed E-state index contributed by atoms with van der Waals surface area (Å²) in [6.45, 7) is 5.11. The number of aliphatic carboxylic acids is 2. The normalized spacial score (nSPS) is 15.2. The summed E-state index contributed by atoms with van der Waals surface area (Å²) in [6, 6.07) is 9.90. The van der Waals surface area contributed by atoms with Crippen LogP contribution in [0.25, 0.3) is 17.2 Å². The SMILES string of the molecule is CC1(C)C(=CC=Cc2oc3ccc(SOOO)cc3[n+]2CCCCCC(=O)O)N(CCCCCC(=O)O)c2cc(S(=O)(=O)O)ccc21. The molecule has 1 aliphatic rings. The lowest BCUT2D eigenvalue weighted by Crippen LogP contribution is -2.35. The van der Waals surface area contributed by atoms with Crippen LogP contribution in [0.15, 0.2) is 68.5 Å². The first kappa shape index (κ1) is 36.1. The van der Waals surface area contributed by atoms with Gasteiger partial charge in [0.25, 0.3) is 15.6 Å². The summed E-state index contributed by atoms with van der Waals surface area (Å²) in [4.78, 5) is 24.4. The van der Waals surface area contributed by atoms with Crippen molar-refractivity contribution in [3.05, 3.63) is 65.7 Å². The third-order valence-electron chi connectivity index (χ3n) is 8.06. The number of aryl methyl sites for hydroxylation is 1. The van der Waals surface area contributed by atoms with Gasteiger partial charge in [-0.05, 0) is 61.6 Å². The Morgan fingerprint density at radius 2 is 1.70 bits per heavy atom. The van der Waals surface area contributed by atoms with Crippen molar-refractivity contribution in [2.75, 3.05) is 11.4 Å². The van der Waals surface area contributed by atoms with E-state index in [0.29, 0.717) is 73.7 Å². The van der Waals surface area contributed by atoms with Crippen molar-refractivity contribution in [3.8, 4) is 0 Å². The van der Waals surface area contributed by atoms with Crippen LogP contribution in [0, 0.1) is 0 Å². The highest BCUT2D eigenvalue weighted by molar-refractivity contribution is 7.94. The van der Waals surface area contributed by atoms with Crippen molar-refractivity contribution in [2.24, 2.45) is 0 Å². The first-order valence-corrected chi connectivity index (χ1v) is 17.3. The van der Waals surface area contributed by atoms with Gasteiger partial charge in [0.05, 0.1) is 23.0 Å². The van der Waals surface area contributed by atoms with Crippen molar-refractivity contribution in [1.82, 2.24) is 0 Å². The molecular weight excluding hydrogens is 652 g/mol. The minimum absolute atomic E-state index is 0.0693. The summed E-state index contributed by atoms with van der Waals surface area (Å²) >= 11 is 0.822. The van der Waals surface area contributed by atoms with Crippen molar-refractivity contribution >= 4 is 57.0 Å². The number of nitrogens with zero attached hydrogens (tertiary/aromatic N) is 2. The number of oxazole rings is 1. The van der Waals surface area contributed by atoms with Crippen molar-refractivity contribution in [2.45, 2.75) is 87.0 Å². The lowest BCUT2D eigenvalue weighted by atomic mass is 9.83. The molecule has 0 amide bonds. The van der Waals surface area contributed by atoms with Crippen LogP contribution < -0.4 is 9.47 Å². The third kappa shape index (κ3) is 9.21. The molecule has 0 bridgehead atoms. The van der Waals surface area contributed by atoms with Crippen molar-refractivity contribution in [3.63, 3.8) is 0 Å². The summed E-state index contributed by atoms with van der Waals surface area (Å²) in [7, 11) is -4.43. The number of hydrogen-bond donors (Lipinski definition) is 4. The number of carbonyl (C=O) groups is 2. The van der Waals surface area contributed by atoms with Gasteiger partial charge in [-0.3, -0.25) is 14.1 Å². The van der Waals surface area contributed by atoms with E-state index in [0.717, 1.165) is 28.8 Å². The Labute approximate surface area is 276 Å². The van der Waals surface area contributed by atoms with E-state index in [4.69, 9.17) is 19.9 Å². The van der Waals surface area contributed by atoms with Crippen LogP contribution in [0.1, 0.15) is 76.7 Å². The molecule has 0 unspecified atom stereocenters. The lowest BCUT2D eigenvalue weighted by Gasteiger charge is -2.27. The summed E-state index contributed by atoms with van der Waals surface area (Å²) in [6.07, 6.45) is 9.57. The molecule has 4 rings (SSSR count). The molecule has 0 saturated carbocycles. The van der Waals surface area contributed by atoms with Crippen LogP contribution >= 0.6 is 12.0 Å². The maximum atomic E-state index is 12.0. The minimum Gasteiger partial charge on any atom is -0.481 e. The molecule has 0 aliphatic carbocycles. The number of anilines is 1. The van der Waals surface area contributed by atoms with E-state index in [1.807, 2.05) is 47.6 Å². The van der Waals surface area contributed by atoms with Gasteiger partial charge in [-0.15, -0.1) is 4.33 Å². The first-order chi connectivity index (χ1) is 22.3. The van der Waals surface area contributed by atoms with Crippen LogP contribution in [-0.2, 0) is 41.0 Å². The average Bonchev–Trinajstić information content (AvgIpc) is 3.45. The summed E-state index contributed by atoms with van der Waals surface area (Å²) in [5.41, 5.74) is 3.25. The second kappa shape index (κ2) is 15.9. The highest BCUT2D eigenvalue weighted by Crippen LogP contribution is 2.48. The summed E-state index contributed by atoms with van der Waals surface area (Å²) < 4.78 is 46.5. The largest absolute Gasteiger partial charge is 0.481 e. The average molecular weight is 692 g/mol. The fourth-order valence-electron chi connectivity index (χ4n) is 5.78. The standard InChI is InChI=1S/C32H38N2O11S2/c1-32(2)24-16-15-23(47(40,41)42)21-25(24)33(18-7-3-5-12-30(35)36)28(32)10-9-11-29-34(19-8-4-6-13-31(37)38)26-20-22(46-45-44-39)14-17-27(26)43-29/h9-11,14-17,20-21H,3-8,12-13,18-19H2,1-2H3,(H3-,35,36,37,38,39,40,41,42)/p+1. The van der Waals surface area contributed by atoms with E-state index in [-0.39, 0.29) is 17.7 Å². The van der Waals surface area contributed by atoms with E-state index in [1.165, 1.54) is 12.1 Å². The maximum Gasteiger partial charge on any atom is 0.374 e. The Morgan fingerprint density at radius 3 is 2.36 bits per heavy atom. The summed E-state index contributed by atoms with van der Waals surface area (Å²) in [5, 5.41) is 30.3. The molecule has 3 aromatic rings. The van der Waals surface area contributed by atoms with Crippen LogP contribution in [0.3, 0.4) is 0 Å². The third-order valence-corrected chi connectivity index (χ3v) is 9.49. The molecule has 254 valence electrons. The van der Waals surface area contributed by atoms with Gasteiger partial charge in [-0.25, -0.2) is 5.26 Å². The highest BCUT2D eigenvalue weighted by atomic mass is 32.2. The zero-order valence-electron chi connectivity index (χ0n) is 26.1. The van der Waals surface area contributed by atoms with E-state index in [1.54, 1.807) is 18.2 Å². The van der Waals surface area contributed by atoms with Gasteiger partial charge in [0.15, 0.2) is 6.54 Å². The fourth-order valence-corrected chi connectivity index (χ4v) is 6.67. The number of allylic oxidation sites excluding steroid dienone is 3. The molecule has 0 saturated heterocycles. The Hall–Kier alpha value is -3.73. The number of unbranched alkanes of at least 4 members (excludes halogenated alkanes) is 4. The first-order valence-electron chi connectivity index (χ1n) is 15.2. The monoisotopic (exact) mass is 691 g/mol. The molecule has 0 fully saturated rings. The molecule has 0 atom stereocenters. The Balaban J connectivity index is 1.68. The molecule has 15 heteroatoms. The van der Waals surface area contributed by atoms with Crippen molar-refractivity contribution in [1.29, 1.82) is 0 Å². The number of fused-ring (bicyclic) bond motifs is 2. The Kier molecular flexibility index (Phi) is 12.2. The molecule has 0 radical (unpaired) electrons. The van der Waals surface area contributed by atoms with Gasteiger partial charge in [0.1, 0.15) is 0 Å². The van der Waals surface area contributed by atoms with Crippen LogP contribution in [0.5, 0.6) is 0 Å². The number of benzene rings is 2. The van der Waals surface area contributed by atoms with Crippen LogP contribution in [0.4, 0.5) is 5.69 Å². The van der Waals surface area contributed by atoms with Gasteiger partial charge in [-0.1, -0.05) is 37.4 Å². The predicted octanol–water partition coefficient (Wildman–Crippen LogP) is 6.38. The maximum absolute atomic E-state index is 12.0. The Bertz CT molecular complexity index is 1760. The van der Waals surface area contributed by atoms with Crippen LogP contribution in [-0.4, -0.2) is 46.9 Å². The molecule has 4 N–H and O–H groups in total. The minimum atomic E-state index is -4.43. The van der Waals surface area contributed by atoms with E-state index < -0.39 is 27.5 Å². The number of aromatic nitrogens is 1. The number of carboxylic acid groups (broad SMARTS) is 2. The Morgan fingerprint density at radius 1 is 1.00 bits per heavy atom. The number of rotatable bonds is 18. The second-order valence-electron chi connectivity index (χ2n) is 11.7. The molecule has 2 heterocycles. The molecule has 47 heavy (non-hydrogen) atoms. The smallest absolute Gasteiger partial charge is 0.374 e. The van der Waals surface area contributed by atoms with Gasteiger partial charge in [0, 0.05) is 53.6 Å². The highest BCUT2D eigenvalue weighted by Gasteiger charge is 2.40. The van der Waals surface area contributed by atoms with Crippen molar-refractivity contribution < 1.29 is 56.4 Å². The van der Waals surface area contributed by atoms with E-state index in [9.17, 15) is 22.6 Å². The zero-order valence-corrected chi connectivity index (χ0v) is 27.8. The van der Waals surface area contributed by atoms with Gasteiger partial charge in [0.2, 0.25) is 5.58 Å². The molecule has 13 nitrogen and oxygen atoms in total. The van der Waals surface area contributed by atoms with Gasteiger partial charge in [-0.2, -0.15) is 13.0 Å². The quantitative estimate of drug-likeness (QED) is 0.0288. The number of hydrogen-bond acceptors (Lipinski definition) is 10. The molecule has 0 spiro atoms.